The summed E-state index contributed by atoms with van der Waals surface area (Å²) < 4.78 is 5.02. The summed E-state index contributed by atoms with van der Waals surface area (Å²) in [5, 5.41) is 9.23. The fraction of sp³-hybridized carbons (Fsp3) is 0.167. The van der Waals surface area contributed by atoms with Gasteiger partial charge >= 0.3 is 0 Å². The topological polar surface area (TPSA) is 93.0 Å². The number of nitrogens with zero attached hydrogens (tertiary/aromatic N) is 1. The van der Waals surface area contributed by atoms with Crippen LogP contribution in [-0.4, -0.2) is 23.2 Å². The minimum Gasteiger partial charge on any atom is -0.497 e. The van der Waals surface area contributed by atoms with Crippen LogP contribution in [0.2, 0.25) is 0 Å². The van der Waals surface area contributed by atoms with Crippen LogP contribution in [0, 0.1) is 0 Å². The summed E-state index contributed by atoms with van der Waals surface area (Å²) in [5.41, 5.74) is 7.50. The minimum atomic E-state index is -0.226. The average molecular weight is 246 g/mol. The second kappa shape index (κ2) is 5.22. The highest BCUT2D eigenvalue weighted by molar-refractivity contribution is 5.99. The van der Waals surface area contributed by atoms with Crippen molar-refractivity contribution in [3.63, 3.8) is 0 Å². The molecule has 0 radical (unpaired) electrons. The number of benzene rings is 1. The predicted molar refractivity (Wildman–Crippen MR) is 67.2 cm³/mol. The zero-order valence-corrected chi connectivity index (χ0v) is 9.93. The van der Waals surface area contributed by atoms with Crippen molar-refractivity contribution in [2.75, 3.05) is 12.8 Å². The Kier molecular flexibility index (Phi) is 3.47. The van der Waals surface area contributed by atoms with Crippen molar-refractivity contribution in [1.29, 1.82) is 0 Å². The van der Waals surface area contributed by atoms with E-state index >= 15 is 0 Å². The molecule has 1 aromatic carbocycles. The van der Waals surface area contributed by atoms with E-state index in [0.717, 1.165) is 5.56 Å². The van der Waals surface area contributed by atoms with E-state index in [9.17, 15) is 4.79 Å². The molecule has 0 atom stereocenters. The Morgan fingerprint density at radius 2 is 2.39 bits per heavy atom. The van der Waals surface area contributed by atoms with Crippen LogP contribution in [0.3, 0.4) is 0 Å². The highest BCUT2D eigenvalue weighted by Crippen LogP contribution is 2.19. The first kappa shape index (κ1) is 12.0. The van der Waals surface area contributed by atoms with Gasteiger partial charge in [-0.05, 0) is 12.1 Å². The lowest BCUT2D eigenvalue weighted by Crippen LogP contribution is -2.23. The van der Waals surface area contributed by atoms with Gasteiger partial charge in [-0.15, -0.1) is 0 Å². The largest absolute Gasteiger partial charge is 0.497 e. The van der Waals surface area contributed by atoms with Gasteiger partial charge in [0.2, 0.25) is 0 Å². The standard InChI is InChI=1S/C12H14N4O2/c1-18-9-2-3-10(11(13)4-9)12(17)14-5-8-6-15-16-7-8/h2-4,6-7H,5,13H2,1H3,(H,14,17)(H,15,16). The maximum Gasteiger partial charge on any atom is 0.253 e. The number of aromatic amines is 1. The Balaban J connectivity index is 2.04. The number of carbonyl (C=O) groups excluding carboxylic acids is 1. The quantitative estimate of drug-likeness (QED) is 0.700. The molecule has 4 N–H and O–H groups in total. The minimum absolute atomic E-state index is 0.226. The highest BCUT2D eigenvalue weighted by atomic mass is 16.5. The van der Waals surface area contributed by atoms with Crippen molar-refractivity contribution < 1.29 is 9.53 Å². The number of anilines is 1. The molecule has 2 aromatic rings. The summed E-state index contributed by atoms with van der Waals surface area (Å²) in [7, 11) is 1.55. The van der Waals surface area contributed by atoms with Crippen LogP contribution in [0.25, 0.3) is 0 Å². The number of nitrogen functional groups attached to an aromatic ring is 1. The van der Waals surface area contributed by atoms with Crippen LogP contribution in [0.5, 0.6) is 5.75 Å². The van der Waals surface area contributed by atoms with E-state index in [1.807, 2.05) is 0 Å². The van der Waals surface area contributed by atoms with Gasteiger partial charge in [-0.25, -0.2) is 0 Å². The van der Waals surface area contributed by atoms with Crippen LogP contribution in [-0.2, 0) is 6.54 Å². The van der Waals surface area contributed by atoms with E-state index in [1.165, 1.54) is 0 Å². The molecule has 0 saturated heterocycles. The number of H-pyrrole nitrogens is 1. The molecule has 0 fully saturated rings. The molecule has 18 heavy (non-hydrogen) atoms. The van der Waals surface area contributed by atoms with Crippen molar-refractivity contribution >= 4 is 11.6 Å². The second-order valence-corrected chi connectivity index (χ2v) is 3.74. The van der Waals surface area contributed by atoms with Crippen molar-refractivity contribution in [1.82, 2.24) is 15.5 Å². The fourth-order valence-corrected chi connectivity index (χ4v) is 1.53. The summed E-state index contributed by atoms with van der Waals surface area (Å²) in [6.45, 7) is 0.404. The van der Waals surface area contributed by atoms with E-state index < -0.39 is 0 Å². The zero-order chi connectivity index (χ0) is 13.0. The number of hydrogen-bond acceptors (Lipinski definition) is 4. The Bertz CT molecular complexity index is 537. The highest BCUT2D eigenvalue weighted by Gasteiger charge is 2.10. The summed E-state index contributed by atoms with van der Waals surface area (Å²) >= 11 is 0. The molecule has 6 nitrogen and oxygen atoms in total. The van der Waals surface area contributed by atoms with Gasteiger partial charge in [-0.1, -0.05) is 0 Å². The number of aromatic nitrogens is 2. The van der Waals surface area contributed by atoms with Gasteiger partial charge in [0, 0.05) is 30.1 Å². The monoisotopic (exact) mass is 246 g/mol. The third-order valence-electron chi connectivity index (χ3n) is 2.51. The lowest BCUT2D eigenvalue weighted by Gasteiger charge is -2.08. The first-order valence-corrected chi connectivity index (χ1v) is 5.40. The Morgan fingerprint density at radius 3 is 3.00 bits per heavy atom. The molecule has 2 rings (SSSR count). The molecule has 0 saturated carbocycles. The smallest absolute Gasteiger partial charge is 0.253 e. The van der Waals surface area contributed by atoms with Gasteiger partial charge in [0.15, 0.2) is 0 Å². The molecule has 1 heterocycles. The van der Waals surface area contributed by atoms with Gasteiger partial charge in [-0.2, -0.15) is 5.10 Å². The number of nitrogens with two attached hydrogens (primary N) is 1. The Labute approximate surface area is 104 Å². The summed E-state index contributed by atoms with van der Waals surface area (Å²) in [6.07, 6.45) is 3.37. The van der Waals surface area contributed by atoms with Gasteiger partial charge in [-0.3, -0.25) is 9.89 Å². The maximum absolute atomic E-state index is 11.9. The van der Waals surface area contributed by atoms with Crippen LogP contribution in [0.1, 0.15) is 15.9 Å². The third kappa shape index (κ3) is 2.60. The van der Waals surface area contributed by atoms with E-state index in [-0.39, 0.29) is 5.91 Å². The lowest BCUT2D eigenvalue weighted by molar-refractivity contribution is 0.0952. The van der Waals surface area contributed by atoms with Gasteiger partial charge in [0.05, 0.1) is 18.9 Å². The fourth-order valence-electron chi connectivity index (χ4n) is 1.53. The molecule has 0 spiro atoms. The van der Waals surface area contributed by atoms with E-state index in [4.69, 9.17) is 10.5 Å². The van der Waals surface area contributed by atoms with Gasteiger partial charge < -0.3 is 15.8 Å². The normalized spacial score (nSPS) is 10.1. The van der Waals surface area contributed by atoms with Gasteiger partial charge in [0.1, 0.15) is 5.75 Å². The predicted octanol–water partition coefficient (Wildman–Crippen LogP) is 0.930. The van der Waals surface area contributed by atoms with Crippen molar-refractivity contribution in [3.8, 4) is 5.75 Å². The van der Waals surface area contributed by atoms with E-state index in [2.05, 4.69) is 15.5 Å². The molecule has 0 aliphatic carbocycles. The van der Waals surface area contributed by atoms with E-state index in [0.29, 0.717) is 23.5 Å². The Hall–Kier alpha value is -2.50. The number of rotatable bonds is 4. The first-order chi connectivity index (χ1) is 8.70. The second-order valence-electron chi connectivity index (χ2n) is 3.74. The molecule has 1 aromatic heterocycles. The van der Waals surface area contributed by atoms with Crippen LogP contribution in [0.4, 0.5) is 5.69 Å². The summed E-state index contributed by atoms with van der Waals surface area (Å²) in [4.78, 5) is 11.9. The van der Waals surface area contributed by atoms with Crippen LogP contribution >= 0.6 is 0 Å². The summed E-state index contributed by atoms with van der Waals surface area (Å²) in [6, 6.07) is 4.95. The molecular formula is C12H14N4O2. The summed E-state index contributed by atoms with van der Waals surface area (Å²) in [5.74, 6) is 0.398. The third-order valence-corrected chi connectivity index (χ3v) is 2.51. The van der Waals surface area contributed by atoms with Crippen LogP contribution in [0.15, 0.2) is 30.6 Å². The molecule has 0 unspecified atom stereocenters. The van der Waals surface area contributed by atoms with E-state index in [1.54, 1.807) is 37.7 Å². The number of amides is 1. The number of ether oxygens (including phenoxy) is 1. The lowest BCUT2D eigenvalue weighted by atomic mass is 10.1. The maximum atomic E-state index is 11.9. The molecule has 0 aliphatic rings. The molecule has 0 bridgehead atoms. The number of nitrogens with one attached hydrogen (secondary N) is 2. The van der Waals surface area contributed by atoms with Gasteiger partial charge in [0.25, 0.3) is 5.91 Å². The molecular weight excluding hydrogens is 232 g/mol. The van der Waals surface area contributed by atoms with Crippen molar-refractivity contribution in [3.05, 3.63) is 41.7 Å². The van der Waals surface area contributed by atoms with Crippen molar-refractivity contribution in [2.45, 2.75) is 6.54 Å². The SMILES string of the molecule is COc1ccc(C(=O)NCc2cn[nH]c2)c(N)c1. The molecule has 0 aliphatic heterocycles. The number of carbonyl (C=O) groups is 1. The average Bonchev–Trinajstić information content (AvgIpc) is 2.88. The van der Waals surface area contributed by atoms with Crippen LogP contribution < -0.4 is 15.8 Å². The molecule has 94 valence electrons. The first-order valence-electron chi connectivity index (χ1n) is 5.40. The molecule has 6 heteroatoms. The number of hydrogen-bond donors (Lipinski definition) is 3. The van der Waals surface area contributed by atoms with Crippen molar-refractivity contribution in [2.24, 2.45) is 0 Å². The Morgan fingerprint density at radius 1 is 1.56 bits per heavy atom. The molecule has 1 amide bonds. The zero-order valence-electron chi connectivity index (χ0n) is 9.93. The number of methoxy groups -OCH3 is 1.